The fourth-order valence-electron chi connectivity index (χ4n) is 2.74. The summed E-state index contributed by atoms with van der Waals surface area (Å²) in [5.74, 6) is 1.90. The van der Waals surface area contributed by atoms with Crippen molar-refractivity contribution in [2.24, 2.45) is 17.6 Å². The molecule has 4 nitrogen and oxygen atoms in total. The molecular formula is C14H23ClN2O2. The van der Waals surface area contributed by atoms with Crippen LogP contribution in [-0.4, -0.2) is 11.9 Å². The fourth-order valence-corrected chi connectivity index (χ4v) is 2.74. The van der Waals surface area contributed by atoms with Crippen LogP contribution in [0, 0.1) is 11.8 Å². The molecule has 19 heavy (non-hydrogen) atoms. The van der Waals surface area contributed by atoms with Crippen LogP contribution in [0.5, 0.6) is 0 Å². The molecule has 3 atom stereocenters. The Bertz CT molecular complexity index is 419. The molecule has 5 heteroatoms. The average molecular weight is 287 g/mol. The third kappa shape index (κ3) is 3.98. The second-order valence-corrected chi connectivity index (χ2v) is 5.48. The lowest BCUT2D eigenvalue weighted by Gasteiger charge is -2.33. The maximum Gasteiger partial charge on any atom is 0.254 e. The molecule has 1 amide bonds. The molecule has 1 heterocycles. The van der Waals surface area contributed by atoms with Gasteiger partial charge in [-0.1, -0.05) is 13.8 Å². The highest BCUT2D eigenvalue weighted by molar-refractivity contribution is 5.94. The topological polar surface area (TPSA) is 68.3 Å². The maximum atomic E-state index is 12.1. The van der Waals surface area contributed by atoms with Gasteiger partial charge in [0.2, 0.25) is 0 Å². The SMILES string of the molecule is CC1CCC(NC(=O)c2coc(CN)c2)C(C)C1.Cl. The molecule has 3 N–H and O–H groups in total. The first-order valence-corrected chi connectivity index (χ1v) is 6.68. The van der Waals surface area contributed by atoms with Gasteiger partial charge < -0.3 is 15.5 Å². The Balaban J connectivity index is 0.00000180. The van der Waals surface area contributed by atoms with E-state index in [1.807, 2.05) is 0 Å². The van der Waals surface area contributed by atoms with Crippen molar-refractivity contribution >= 4 is 18.3 Å². The number of rotatable bonds is 3. The summed E-state index contributed by atoms with van der Waals surface area (Å²) >= 11 is 0. The quantitative estimate of drug-likeness (QED) is 0.898. The largest absolute Gasteiger partial charge is 0.467 e. The number of hydrogen-bond acceptors (Lipinski definition) is 3. The summed E-state index contributed by atoms with van der Waals surface area (Å²) in [6.07, 6.45) is 4.92. The Kier molecular flexibility index (Phi) is 5.88. The Morgan fingerprint density at radius 2 is 2.21 bits per heavy atom. The van der Waals surface area contributed by atoms with E-state index < -0.39 is 0 Å². The summed E-state index contributed by atoms with van der Waals surface area (Å²) in [4.78, 5) is 12.1. The number of nitrogens with one attached hydrogen (secondary N) is 1. The number of carbonyl (C=O) groups excluding carboxylic acids is 1. The standard InChI is InChI=1S/C14H22N2O2.ClH/c1-9-3-4-13(10(2)5-9)16-14(17)11-6-12(7-15)18-8-11;/h6,8-10,13H,3-5,7,15H2,1-2H3,(H,16,17);1H. The minimum absolute atomic E-state index is 0. The van der Waals surface area contributed by atoms with Crippen LogP contribution in [0.4, 0.5) is 0 Å². The van der Waals surface area contributed by atoms with Crippen molar-refractivity contribution in [2.45, 2.75) is 45.7 Å². The van der Waals surface area contributed by atoms with E-state index in [9.17, 15) is 4.79 Å². The number of furan rings is 1. The van der Waals surface area contributed by atoms with Gasteiger partial charge in [0.1, 0.15) is 12.0 Å². The van der Waals surface area contributed by atoms with E-state index in [2.05, 4.69) is 19.2 Å². The van der Waals surface area contributed by atoms with Crippen LogP contribution in [-0.2, 0) is 6.54 Å². The van der Waals surface area contributed by atoms with Crippen molar-refractivity contribution < 1.29 is 9.21 Å². The first kappa shape index (κ1) is 16.1. The zero-order chi connectivity index (χ0) is 13.1. The predicted octanol–water partition coefficient (Wildman–Crippen LogP) is 2.71. The first-order chi connectivity index (χ1) is 8.60. The lowest BCUT2D eigenvalue weighted by atomic mass is 9.80. The van der Waals surface area contributed by atoms with E-state index in [1.54, 1.807) is 6.07 Å². The second kappa shape index (κ2) is 6.96. The van der Waals surface area contributed by atoms with E-state index in [1.165, 1.54) is 19.1 Å². The minimum atomic E-state index is -0.0511. The molecule has 0 aliphatic heterocycles. The normalized spacial score (nSPS) is 26.6. The number of hydrogen-bond donors (Lipinski definition) is 2. The van der Waals surface area contributed by atoms with Crippen molar-refractivity contribution in [1.29, 1.82) is 0 Å². The van der Waals surface area contributed by atoms with Gasteiger partial charge in [-0.3, -0.25) is 4.79 Å². The third-order valence-electron chi connectivity index (χ3n) is 3.87. The van der Waals surface area contributed by atoms with Crippen LogP contribution in [0.2, 0.25) is 0 Å². The van der Waals surface area contributed by atoms with Gasteiger partial charge in [-0.15, -0.1) is 12.4 Å². The van der Waals surface area contributed by atoms with E-state index in [0.29, 0.717) is 23.8 Å². The summed E-state index contributed by atoms with van der Waals surface area (Å²) in [6, 6.07) is 2.00. The molecule has 1 aliphatic rings. The summed E-state index contributed by atoms with van der Waals surface area (Å²) in [6.45, 7) is 4.81. The van der Waals surface area contributed by atoms with Gasteiger partial charge in [0.25, 0.3) is 5.91 Å². The molecule has 1 fully saturated rings. The molecule has 108 valence electrons. The summed E-state index contributed by atoms with van der Waals surface area (Å²) in [7, 11) is 0. The number of amides is 1. The lowest BCUT2D eigenvalue weighted by Crippen LogP contribution is -2.42. The molecule has 1 aromatic heterocycles. The van der Waals surface area contributed by atoms with Crippen molar-refractivity contribution in [3.8, 4) is 0 Å². The molecular weight excluding hydrogens is 264 g/mol. The lowest BCUT2D eigenvalue weighted by molar-refractivity contribution is 0.0899. The van der Waals surface area contributed by atoms with Gasteiger partial charge in [0, 0.05) is 6.04 Å². The van der Waals surface area contributed by atoms with Gasteiger partial charge in [-0.25, -0.2) is 0 Å². The van der Waals surface area contributed by atoms with Crippen LogP contribution < -0.4 is 11.1 Å². The molecule has 2 rings (SSSR count). The van der Waals surface area contributed by atoms with Crippen LogP contribution in [0.1, 0.15) is 49.2 Å². The highest BCUT2D eigenvalue weighted by Gasteiger charge is 2.27. The molecule has 0 radical (unpaired) electrons. The van der Waals surface area contributed by atoms with E-state index in [0.717, 1.165) is 12.3 Å². The zero-order valence-electron chi connectivity index (χ0n) is 11.5. The molecule has 0 saturated heterocycles. The number of carbonyl (C=O) groups is 1. The summed E-state index contributed by atoms with van der Waals surface area (Å²) in [5, 5.41) is 3.10. The monoisotopic (exact) mass is 286 g/mol. The van der Waals surface area contributed by atoms with Crippen molar-refractivity contribution in [1.82, 2.24) is 5.32 Å². The van der Waals surface area contributed by atoms with Crippen molar-refractivity contribution in [3.63, 3.8) is 0 Å². The van der Waals surface area contributed by atoms with Crippen LogP contribution in [0.15, 0.2) is 16.7 Å². The van der Waals surface area contributed by atoms with E-state index in [4.69, 9.17) is 10.2 Å². The van der Waals surface area contributed by atoms with Crippen molar-refractivity contribution in [3.05, 3.63) is 23.7 Å². The van der Waals surface area contributed by atoms with E-state index in [-0.39, 0.29) is 24.4 Å². The van der Waals surface area contributed by atoms with Gasteiger partial charge in [0.05, 0.1) is 12.1 Å². The Morgan fingerprint density at radius 3 is 2.79 bits per heavy atom. The second-order valence-electron chi connectivity index (χ2n) is 5.48. The third-order valence-corrected chi connectivity index (χ3v) is 3.87. The van der Waals surface area contributed by atoms with Crippen molar-refractivity contribution in [2.75, 3.05) is 0 Å². The van der Waals surface area contributed by atoms with Gasteiger partial charge >= 0.3 is 0 Å². The first-order valence-electron chi connectivity index (χ1n) is 6.68. The number of nitrogens with two attached hydrogens (primary N) is 1. The molecule has 1 aliphatic carbocycles. The zero-order valence-corrected chi connectivity index (χ0v) is 12.3. The summed E-state index contributed by atoms with van der Waals surface area (Å²) < 4.78 is 5.18. The fraction of sp³-hybridized carbons (Fsp3) is 0.643. The molecule has 3 unspecified atom stereocenters. The Morgan fingerprint density at radius 1 is 1.47 bits per heavy atom. The highest BCUT2D eigenvalue weighted by Crippen LogP contribution is 2.28. The minimum Gasteiger partial charge on any atom is -0.467 e. The molecule has 1 saturated carbocycles. The number of halogens is 1. The Hall–Kier alpha value is -1.00. The van der Waals surface area contributed by atoms with Crippen LogP contribution >= 0.6 is 12.4 Å². The van der Waals surface area contributed by atoms with Crippen LogP contribution in [0.25, 0.3) is 0 Å². The van der Waals surface area contributed by atoms with Gasteiger partial charge in [0.15, 0.2) is 0 Å². The summed E-state index contributed by atoms with van der Waals surface area (Å²) in [5.41, 5.74) is 6.03. The average Bonchev–Trinajstić information content (AvgIpc) is 2.81. The smallest absolute Gasteiger partial charge is 0.254 e. The predicted molar refractivity (Wildman–Crippen MR) is 77.3 cm³/mol. The molecule has 0 bridgehead atoms. The maximum absolute atomic E-state index is 12.1. The van der Waals surface area contributed by atoms with E-state index >= 15 is 0 Å². The van der Waals surface area contributed by atoms with Gasteiger partial charge in [-0.2, -0.15) is 0 Å². The highest BCUT2D eigenvalue weighted by atomic mass is 35.5. The molecule has 0 spiro atoms. The van der Waals surface area contributed by atoms with Gasteiger partial charge in [-0.05, 0) is 37.2 Å². The molecule has 1 aromatic rings. The molecule has 0 aromatic carbocycles. The van der Waals surface area contributed by atoms with Crippen LogP contribution in [0.3, 0.4) is 0 Å². The Labute approximate surface area is 120 Å².